The largest absolute Gasteiger partial charge is 0.493 e. The van der Waals surface area contributed by atoms with Gasteiger partial charge in [-0.1, -0.05) is 41.4 Å². The zero-order chi connectivity index (χ0) is 22.0. The number of hydrogen-bond acceptors (Lipinski definition) is 3. The summed E-state index contributed by atoms with van der Waals surface area (Å²) in [5.74, 6) is 1.05. The SMILES string of the molecule is COc1cc2cc(C(=O)Nc3ccc(Cl)cc3)cc(-c3ccc(C)cc3)c2cc1OC. The normalized spacial score (nSPS) is 10.7. The van der Waals surface area contributed by atoms with E-state index in [4.69, 9.17) is 21.1 Å². The highest BCUT2D eigenvalue weighted by Crippen LogP contribution is 2.38. The molecule has 0 heterocycles. The summed E-state index contributed by atoms with van der Waals surface area (Å²) >= 11 is 5.95. The van der Waals surface area contributed by atoms with Crippen LogP contribution in [0.1, 0.15) is 15.9 Å². The third-order valence-corrected chi connectivity index (χ3v) is 5.44. The lowest BCUT2D eigenvalue weighted by atomic mass is 9.94. The number of fused-ring (bicyclic) bond motifs is 1. The third kappa shape index (κ3) is 4.35. The van der Waals surface area contributed by atoms with Crippen LogP contribution in [0.15, 0.2) is 72.8 Å². The summed E-state index contributed by atoms with van der Waals surface area (Å²) in [6, 6.07) is 22.9. The van der Waals surface area contributed by atoms with E-state index in [0.717, 1.165) is 21.9 Å². The quantitative estimate of drug-likeness (QED) is 0.380. The van der Waals surface area contributed by atoms with Gasteiger partial charge in [-0.05, 0) is 77.4 Å². The molecule has 4 rings (SSSR count). The number of nitrogens with one attached hydrogen (secondary N) is 1. The van der Waals surface area contributed by atoms with Gasteiger partial charge in [-0.3, -0.25) is 4.79 Å². The second-order valence-electron chi connectivity index (χ2n) is 7.28. The van der Waals surface area contributed by atoms with Gasteiger partial charge in [0.2, 0.25) is 0 Å². The lowest BCUT2D eigenvalue weighted by molar-refractivity contribution is 0.102. The molecule has 31 heavy (non-hydrogen) atoms. The van der Waals surface area contributed by atoms with Crippen LogP contribution in [-0.4, -0.2) is 20.1 Å². The third-order valence-electron chi connectivity index (χ3n) is 5.18. The number of benzene rings is 4. The summed E-state index contributed by atoms with van der Waals surface area (Å²) < 4.78 is 11.0. The standard InChI is InChI=1S/C26H22ClNO3/c1-16-4-6-17(7-5-16)22-13-19(26(29)28-21-10-8-20(27)9-11-21)12-18-14-24(30-2)25(31-3)15-23(18)22/h4-15H,1-3H3,(H,28,29). The van der Waals surface area contributed by atoms with Gasteiger partial charge >= 0.3 is 0 Å². The fraction of sp³-hybridized carbons (Fsp3) is 0.115. The Morgan fingerprint density at radius 3 is 2.13 bits per heavy atom. The molecule has 0 aliphatic rings. The van der Waals surface area contributed by atoms with Gasteiger partial charge in [0.25, 0.3) is 5.91 Å². The predicted molar refractivity (Wildman–Crippen MR) is 127 cm³/mol. The molecule has 0 aromatic heterocycles. The first-order chi connectivity index (χ1) is 15.0. The number of methoxy groups -OCH3 is 2. The fourth-order valence-corrected chi connectivity index (χ4v) is 3.66. The highest BCUT2D eigenvalue weighted by molar-refractivity contribution is 6.30. The smallest absolute Gasteiger partial charge is 0.255 e. The van der Waals surface area contributed by atoms with Crippen molar-refractivity contribution >= 4 is 34.0 Å². The highest BCUT2D eigenvalue weighted by Gasteiger charge is 2.15. The molecule has 0 bridgehead atoms. The van der Waals surface area contributed by atoms with Crippen LogP contribution in [0.25, 0.3) is 21.9 Å². The zero-order valence-corrected chi connectivity index (χ0v) is 18.3. The van der Waals surface area contributed by atoms with Crippen LogP contribution in [0.4, 0.5) is 5.69 Å². The van der Waals surface area contributed by atoms with Crippen LogP contribution in [0.2, 0.25) is 5.02 Å². The molecule has 1 amide bonds. The van der Waals surface area contributed by atoms with E-state index >= 15 is 0 Å². The highest BCUT2D eigenvalue weighted by atomic mass is 35.5. The van der Waals surface area contributed by atoms with E-state index in [1.165, 1.54) is 5.56 Å². The molecule has 0 atom stereocenters. The van der Waals surface area contributed by atoms with Crippen molar-refractivity contribution in [1.29, 1.82) is 0 Å². The number of rotatable bonds is 5. The minimum absolute atomic E-state index is 0.202. The molecule has 0 radical (unpaired) electrons. The van der Waals surface area contributed by atoms with E-state index < -0.39 is 0 Å². The van der Waals surface area contributed by atoms with Crippen molar-refractivity contribution in [3.8, 4) is 22.6 Å². The Bertz CT molecular complexity index is 1250. The molecule has 0 fully saturated rings. The molecule has 1 N–H and O–H groups in total. The number of carbonyl (C=O) groups excluding carboxylic acids is 1. The second-order valence-corrected chi connectivity index (χ2v) is 7.72. The molecular weight excluding hydrogens is 410 g/mol. The first-order valence-electron chi connectivity index (χ1n) is 9.82. The van der Waals surface area contributed by atoms with Crippen LogP contribution in [-0.2, 0) is 0 Å². The number of anilines is 1. The number of amides is 1. The minimum atomic E-state index is -0.202. The number of hydrogen-bond donors (Lipinski definition) is 1. The Morgan fingerprint density at radius 1 is 0.839 bits per heavy atom. The molecular formula is C26H22ClNO3. The Kier molecular flexibility index (Phi) is 5.83. The molecule has 5 heteroatoms. The van der Waals surface area contributed by atoms with Crippen LogP contribution in [0.5, 0.6) is 11.5 Å². The van der Waals surface area contributed by atoms with Gasteiger partial charge in [-0.15, -0.1) is 0 Å². The molecule has 0 saturated heterocycles. The van der Waals surface area contributed by atoms with Gasteiger partial charge in [0.1, 0.15) is 0 Å². The lowest BCUT2D eigenvalue weighted by Gasteiger charge is -2.15. The first kappa shape index (κ1) is 20.8. The zero-order valence-electron chi connectivity index (χ0n) is 17.5. The lowest BCUT2D eigenvalue weighted by Crippen LogP contribution is -2.12. The van der Waals surface area contributed by atoms with Crippen molar-refractivity contribution < 1.29 is 14.3 Å². The van der Waals surface area contributed by atoms with Crippen LogP contribution in [0.3, 0.4) is 0 Å². The number of ether oxygens (including phenoxy) is 2. The maximum atomic E-state index is 13.1. The van der Waals surface area contributed by atoms with Crippen molar-refractivity contribution in [3.63, 3.8) is 0 Å². The topological polar surface area (TPSA) is 47.6 Å². The summed E-state index contributed by atoms with van der Waals surface area (Å²) in [5, 5.41) is 5.42. The minimum Gasteiger partial charge on any atom is -0.493 e. The van der Waals surface area contributed by atoms with Crippen molar-refractivity contribution in [2.75, 3.05) is 19.5 Å². The summed E-state index contributed by atoms with van der Waals surface area (Å²) in [6.07, 6.45) is 0. The van der Waals surface area contributed by atoms with Crippen molar-refractivity contribution in [2.45, 2.75) is 6.92 Å². The molecule has 0 spiro atoms. The van der Waals surface area contributed by atoms with Gasteiger partial charge in [0.05, 0.1) is 14.2 Å². The van der Waals surface area contributed by atoms with Crippen LogP contribution < -0.4 is 14.8 Å². The average Bonchev–Trinajstić information content (AvgIpc) is 2.79. The van der Waals surface area contributed by atoms with E-state index in [1.54, 1.807) is 38.5 Å². The molecule has 0 saturated carbocycles. The van der Waals surface area contributed by atoms with Crippen LogP contribution >= 0.6 is 11.6 Å². The number of aryl methyl sites for hydroxylation is 1. The Morgan fingerprint density at radius 2 is 1.48 bits per heavy atom. The monoisotopic (exact) mass is 431 g/mol. The van der Waals surface area contributed by atoms with Gasteiger partial charge in [-0.2, -0.15) is 0 Å². The van der Waals surface area contributed by atoms with Crippen LogP contribution in [0, 0.1) is 6.92 Å². The number of carbonyl (C=O) groups is 1. The van der Waals surface area contributed by atoms with Gasteiger partial charge in [0, 0.05) is 16.3 Å². The first-order valence-corrected chi connectivity index (χ1v) is 10.2. The van der Waals surface area contributed by atoms with Crippen molar-refractivity contribution in [1.82, 2.24) is 0 Å². The Hall–Kier alpha value is -3.50. The summed E-state index contributed by atoms with van der Waals surface area (Å²) in [7, 11) is 3.21. The Balaban J connectivity index is 1.86. The van der Waals surface area contributed by atoms with E-state index in [9.17, 15) is 4.79 Å². The molecule has 156 valence electrons. The van der Waals surface area contributed by atoms with E-state index in [-0.39, 0.29) is 5.91 Å². The maximum absolute atomic E-state index is 13.1. The van der Waals surface area contributed by atoms with E-state index in [1.807, 2.05) is 31.2 Å². The summed E-state index contributed by atoms with van der Waals surface area (Å²) in [6.45, 7) is 2.05. The Labute approximate surface area is 186 Å². The molecule has 0 aliphatic heterocycles. The van der Waals surface area contributed by atoms with Gasteiger partial charge in [-0.25, -0.2) is 0 Å². The molecule has 4 aromatic carbocycles. The molecule has 0 unspecified atom stereocenters. The maximum Gasteiger partial charge on any atom is 0.255 e. The molecule has 0 aliphatic carbocycles. The number of halogens is 1. The summed E-state index contributed by atoms with van der Waals surface area (Å²) in [4.78, 5) is 13.1. The van der Waals surface area contributed by atoms with E-state index in [0.29, 0.717) is 27.8 Å². The van der Waals surface area contributed by atoms with Gasteiger partial charge < -0.3 is 14.8 Å². The predicted octanol–water partition coefficient (Wildman–Crippen LogP) is 6.74. The summed E-state index contributed by atoms with van der Waals surface area (Å²) in [5.41, 5.74) is 4.36. The molecule has 4 aromatic rings. The van der Waals surface area contributed by atoms with E-state index in [2.05, 4.69) is 29.6 Å². The second kappa shape index (κ2) is 8.70. The van der Waals surface area contributed by atoms with Crippen molar-refractivity contribution in [3.05, 3.63) is 88.9 Å². The molecule has 4 nitrogen and oxygen atoms in total. The van der Waals surface area contributed by atoms with Gasteiger partial charge in [0.15, 0.2) is 11.5 Å². The van der Waals surface area contributed by atoms with Crippen molar-refractivity contribution in [2.24, 2.45) is 0 Å². The fourth-order valence-electron chi connectivity index (χ4n) is 3.53. The average molecular weight is 432 g/mol.